The van der Waals surface area contributed by atoms with Gasteiger partial charge in [-0.2, -0.15) is 0 Å². The van der Waals surface area contributed by atoms with Crippen LogP contribution in [0.4, 0.5) is 0 Å². The first-order valence-electron chi connectivity index (χ1n) is 10.2. The van der Waals surface area contributed by atoms with Crippen molar-refractivity contribution in [2.45, 2.75) is 19.0 Å². The molecule has 0 aliphatic carbocycles. The minimum atomic E-state index is -0.0404. The van der Waals surface area contributed by atoms with Gasteiger partial charge in [-0.3, -0.25) is 14.1 Å². The van der Waals surface area contributed by atoms with Gasteiger partial charge in [0.2, 0.25) is 0 Å². The predicted octanol–water partition coefficient (Wildman–Crippen LogP) is 3.92. The van der Waals surface area contributed by atoms with E-state index in [4.69, 9.17) is 14.5 Å². The Morgan fingerprint density at radius 1 is 1.10 bits per heavy atom. The number of fused-ring (bicyclic) bond motifs is 2. The Balaban J connectivity index is 1.59. The molecule has 1 unspecified atom stereocenters. The van der Waals surface area contributed by atoms with Crippen molar-refractivity contribution in [3.05, 3.63) is 92.8 Å². The molecule has 1 aliphatic rings. The lowest BCUT2D eigenvalue weighted by Crippen LogP contribution is -2.36. The Hall–Kier alpha value is -3.16. The number of methoxy groups -OCH3 is 2. The lowest BCUT2D eigenvalue weighted by atomic mass is 9.87. The van der Waals surface area contributed by atoms with Gasteiger partial charge in [0.25, 0.3) is 5.56 Å². The van der Waals surface area contributed by atoms with Crippen LogP contribution < -0.4 is 15.0 Å². The van der Waals surface area contributed by atoms with Gasteiger partial charge in [0.05, 0.1) is 26.0 Å². The van der Waals surface area contributed by atoms with Gasteiger partial charge in [-0.25, -0.2) is 4.98 Å². The maximum absolute atomic E-state index is 12.5. The van der Waals surface area contributed by atoms with Crippen molar-refractivity contribution >= 4 is 16.3 Å². The van der Waals surface area contributed by atoms with Crippen LogP contribution in [0.15, 0.2) is 64.9 Å². The molecule has 1 aliphatic heterocycles. The highest BCUT2D eigenvalue weighted by molar-refractivity contribution is 7.15. The van der Waals surface area contributed by atoms with Crippen LogP contribution >= 0.6 is 11.3 Å². The molecule has 0 fully saturated rings. The van der Waals surface area contributed by atoms with E-state index in [2.05, 4.69) is 41.3 Å². The van der Waals surface area contributed by atoms with Gasteiger partial charge < -0.3 is 9.47 Å². The van der Waals surface area contributed by atoms with Gasteiger partial charge in [0.1, 0.15) is 0 Å². The largest absolute Gasteiger partial charge is 0.493 e. The molecule has 6 nitrogen and oxygen atoms in total. The van der Waals surface area contributed by atoms with Crippen LogP contribution in [0.1, 0.15) is 28.4 Å². The molecular weight excluding hydrogens is 410 g/mol. The van der Waals surface area contributed by atoms with Gasteiger partial charge in [0, 0.05) is 30.7 Å². The molecule has 2 aromatic carbocycles. The van der Waals surface area contributed by atoms with Gasteiger partial charge in [0.15, 0.2) is 16.5 Å². The summed E-state index contributed by atoms with van der Waals surface area (Å²) in [6, 6.07) is 16.3. The normalized spacial score (nSPS) is 16.3. The first kappa shape index (κ1) is 19.8. The molecule has 7 heteroatoms. The molecule has 158 valence electrons. The van der Waals surface area contributed by atoms with E-state index < -0.39 is 0 Å². The van der Waals surface area contributed by atoms with Crippen LogP contribution in [0.5, 0.6) is 11.5 Å². The standard InChI is InChI=1S/C24H23N3O3S/c1-29-20-12-17-8-9-26(15-18-13-22(28)27-10-11-31-24(27)25-18)23(16-6-4-3-5-7-16)19(17)14-21(20)30-2/h3-7,10-14,23H,8-9,15H2,1-2H3. The topological polar surface area (TPSA) is 56.1 Å². The second kappa shape index (κ2) is 8.17. The average molecular weight is 434 g/mol. The fraction of sp³-hybridized carbons (Fsp3) is 0.250. The van der Waals surface area contributed by atoms with Gasteiger partial charge in [-0.1, -0.05) is 30.3 Å². The van der Waals surface area contributed by atoms with Gasteiger partial charge in [-0.15, -0.1) is 11.3 Å². The van der Waals surface area contributed by atoms with Gasteiger partial charge in [-0.05, 0) is 35.2 Å². The summed E-state index contributed by atoms with van der Waals surface area (Å²) in [5, 5.41) is 1.89. The van der Waals surface area contributed by atoms with Crippen molar-refractivity contribution < 1.29 is 9.47 Å². The molecule has 5 rings (SSSR count). The van der Waals surface area contributed by atoms with E-state index in [1.807, 2.05) is 11.4 Å². The Labute approximate surface area is 184 Å². The molecule has 0 bridgehead atoms. The molecule has 2 aromatic heterocycles. The second-order valence-corrected chi connectivity index (χ2v) is 8.45. The lowest BCUT2D eigenvalue weighted by molar-refractivity contribution is 0.201. The molecule has 0 radical (unpaired) electrons. The molecule has 0 spiro atoms. The van der Waals surface area contributed by atoms with E-state index >= 15 is 0 Å². The molecule has 3 heterocycles. The molecule has 0 amide bonds. The molecule has 0 saturated carbocycles. The zero-order valence-corrected chi connectivity index (χ0v) is 18.3. The highest BCUT2D eigenvalue weighted by atomic mass is 32.1. The van der Waals surface area contributed by atoms with Crippen molar-refractivity contribution in [1.82, 2.24) is 14.3 Å². The molecular formula is C24H23N3O3S. The molecule has 0 saturated heterocycles. The Morgan fingerprint density at radius 3 is 2.65 bits per heavy atom. The lowest BCUT2D eigenvalue weighted by Gasteiger charge is -2.38. The fourth-order valence-electron chi connectivity index (χ4n) is 4.37. The summed E-state index contributed by atoms with van der Waals surface area (Å²) >= 11 is 1.48. The first-order chi connectivity index (χ1) is 15.2. The number of aromatic nitrogens is 2. The van der Waals surface area contributed by atoms with Crippen LogP contribution in [-0.4, -0.2) is 35.0 Å². The highest BCUT2D eigenvalue weighted by Crippen LogP contribution is 2.41. The van der Waals surface area contributed by atoms with Gasteiger partial charge >= 0.3 is 0 Å². The third-order valence-corrected chi connectivity index (χ3v) is 6.57. The highest BCUT2D eigenvalue weighted by Gasteiger charge is 2.30. The van der Waals surface area contributed by atoms with Crippen LogP contribution in [-0.2, 0) is 13.0 Å². The van der Waals surface area contributed by atoms with Crippen LogP contribution in [0.2, 0.25) is 0 Å². The van der Waals surface area contributed by atoms with Crippen molar-refractivity contribution in [3.63, 3.8) is 0 Å². The third kappa shape index (κ3) is 3.60. The summed E-state index contributed by atoms with van der Waals surface area (Å²) in [4.78, 5) is 20.3. The van der Waals surface area contributed by atoms with E-state index in [0.717, 1.165) is 35.1 Å². The summed E-state index contributed by atoms with van der Waals surface area (Å²) < 4.78 is 12.7. The SMILES string of the molecule is COc1cc2c(cc1OC)C(c1ccccc1)N(Cc1cc(=O)n3ccsc3n1)CC2. The zero-order chi connectivity index (χ0) is 21.4. The number of rotatable bonds is 5. The summed E-state index contributed by atoms with van der Waals surface area (Å²) in [5.74, 6) is 1.47. The summed E-state index contributed by atoms with van der Waals surface area (Å²) in [7, 11) is 3.33. The first-order valence-corrected chi connectivity index (χ1v) is 11.1. The molecule has 4 aromatic rings. The van der Waals surface area contributed by atoms with E-state index in [1.54, 1.807) is 30.9 Å². The number of benzene rings is 2. The van der Waals surface area contributed by atoms with E-state index in [-0.39, 0.29) is 11.6 Å². The van der Waals surface area contributed by atoms with E-state index in [1.165, 1.54) is 28.0 Å². The van der Waals surface area contributed by atoms with Crippen LogP contribution in [0, 0.1) is 0 Å². The maximum Gasteiger partial charge on any atom is 0.258 e. The van der Waals surface area contributed by atoms with Crippen LogP contribution in [0.25, 0.3) is 4.96 Å². The number of ether oxygens (including phenoxy) is 2. The van der Waals surface area contributed by atoms with Crippen molar-refractivity contribution in [3.8, 4) is 11.5 Å². The molecule has 0 N–H and O–H groups in total. The van der Waals surface area contributed by atoms with Crippen molar-refractivity contribution in [2.75, 3.05) is 20.8 Å². The minimum absolute atomic E-state index is 0.0355. The number of hydrogen-bond acceptors (Lipinski definition) is 6. The zero-order valence-electron chi connectivity index (χ0n) is 17.4. The Morgan fingerprint density at radius 2 is 1.87 bits per heavy atom. The number of nitrogens with zero attached hydrogens (tertiary/aromatic N) is 3. The fourth-order valence-corrected chi connectivity index (χ4v) is 5.11. The quantitative estimate of drug-likeness (QED) is 0.478. The second-order valence-electron chi connectivity index (χ2n) is 7.58. The monoisotopic (exact) mass is 433 g/mol. The number of thiazole rings is 1. The summed E-state index contributed by atoms with van der Waals surface area (Å²) in [6.07, 6.45) is 2.65. The van der Waals surface area contributed by atoms with E-state index in [9.17, 15) is 4.79 Å². The average Bonchev–Trinajstić information content (AvgIpc) is 3.28. The van der Waals surface area contributed by atoms with E-state index in [0.29, 0.717) is 6.54 Å². The predicted molar refractivity (Wildman–Crippen MR) is 121 cm³/mol. The summed E-state index contributed by atoms with van der Waals surface area (Å²) in [5.41, 5.74) is 4.40. The Kier molecular flexibility index (Phi) is 5.21. The minimum Gasteiger partial charge on any atom is -0.493 e. The molecule has 31 heavy (non-hydrogen) atoms. The summed E-state index contributed by atoms with van der Waals surface area (Å²) in [6.45, 7) is 1.45. The number of hydrogen-bond donors (Lipinski definition) is 0. The Bertz CT molecular complexity index is 1280. The third-order valence-electron chi connectivity index (χ3n) is 5.81. The van der Waals surface area contributed by atoms with Crippen molar-refractivity contribution in [2.24, 2.45) is 0 Å². The van der Waals surface area contributed by atoms with Crippen LogP contribution in [0.3, 0.4) is 0 Å². The molecule has 1 atom stereocenters. The maximum atomic E-state index is 12.5. The smallest absolute Gasteiger partial charge is 0.258 e. The van der Waals surface area contributed by atoms with Crippen molar-refractivity contribution in [1.29, 1.82) is 0 Å².